The molecule has 0 unspecified atom stereocenters. The van der Waals surface area contributed by atoms with E-state index in [-0.39, 0.29) is 0 Å². The number of hydrogen-bond acceptors (Lipinski definition) is 2. The maximum Gasteiger partial charge on any atom is 0.206 e. The largest absolute Gasteiger partial charge is 0.206 e. The summed E-state index contributed by atoms with van der Waals surface area (Å²) in [5, 5.41) is 12.0. The first-order valence-corrected chi connectivity index (χ1v) is 2.25. The smallest absolute Gasteiger partial charge is 0.174 e. The van der Waals surface area contributed by atoms with Crippen LogP contribution in [-0.4, -0.2) is 9.78 Å². The van der Waals surface area contributed by atoms with Gasteiger partial charge in [0, 0.05) is 6.20 Å². The molecular weight excluding hydrogens is 102 g/mol. The SMILES string of the molecule is Cc1ccn(C#N)n1. The van der Waals surface area contributed by atoms with Crippen LogP contribution < -0.4 is 0 Å². The predicted molar refractivity (Wildman–Crippen MR) is 28.0 cm³/mol. The molecule has 0 amide bonds. The zero-order chi connectivity index (χ0) is 5.98. The average Bonchev–Trinajstić information content (AvgIpc) is 2.14. The van der Waals surface area contributed by atoms with Gasteiger partial charge in [-0.1, -0.05) is 0 Å². The molecule has 0 aliphatic rings. The average molecular weight is 107 g/mol. The fraction of sp³-hybridized carbons (Fsp3) is 0.200. The zero-order valence-electron chi connectivity index (χ0n) is 4.50. The van der Waals surface area contributed by atoms with E-state index in [0.717, 1.165) is 5.69 Å². The Kier molecular flexibility index (Phi) is 1.01. The Morgan fingerprint density at radius 1 is 1.88 bits per heavy atom. The molecule has 0 N–H and O–H groups in total. The number of aromatic nitrogens is 2. The second kappa shape index (κ2) is 1.66. The Balaban J connectivity index is 3.05. The summed E-state index contributed by atoms with van der Waals surface area (Å²) in [5.74, 6) is 0. The van der Waals surface area contributed by atoms with E-state index in [0.29, 0.717) is 0 Å². The number of nitriles is 1. The molecule has 1 aromatic rings. The fourth-order valence-corrected chi connectivity index (χ4v) is 0.471. The van der Waals surface area contributed by atoms with Gasteiger partial charge in [0.15, 0.2) is 0 Å². The molecule has 0 saturated carbocycles. The molecule has 0 spiro atoms. The molecule has 0 saturated heterocycles. The Hall–Kier alpha value is -1.30. The van der Waals surface area contributed by atoms with E-state index in [1.807, 2.05) is 13.1 Å². The van der Waals surface area contributed by atoms with Crippen molar-refractivity contribution in [1.82, 2.24) is 9.78 Å². The van der Waals surface area contributed by atoms with Crippen molar-refractivity contribution < 1.29 is 0 Å². The summed E-state index contributed by atoms with van der Waals surface area (Å²) in [6, 6.07) is 1.78. The molecule has 1 rings (SSSR count). The van der Waals surface area contributed by atoms with Crippen LogP contribution in [-0.2, 0) is 0 Å². The molecule has 40 valence electrons. The lowest BCUT2D eigenvalue weighted by molar-refractivity contribution is 0.878. The van der Waals surface area contributed by atoms with Crippen molar-refractivity contribution in [2.45, 2.75) is 6.92 Å². The van der Waals surface area contributed by atoms with Crippen LogP contribution in [0.25, 0.3) is 0 Å². The minimum Gasteiger partial charge on any atom is -0.174 e. The van der Waals surface area contributed by atoms with E-state index in [4.69, 9.17) is 5.26 Å². The molecule has 1 heterocycles. The number of aryl methyl sites for hydroxylation is 1. The van der Waals surface area contributed by atoms with Crippen LogP contribution >= 0.6 is 0 Å². The summed E-state index contributed by atoms with van der Waals surface area (Å²) in [6.45, 7) is 1.84. The first-order valence-electron chi connectivity index (χ1n) is 2.25. The first kappa shape index (κ1) is 4.85. The number of hydrogen-bond donors (Lipinski definition) is 0. The van der Waals surface area contributed by atoms with Crippen LogP contribution in [0.15, 0.2) is 12.3 Å². The molecule has 0 radical (unpaired) electrons. The van der Waals surface area contributed by atoms with Crippen LogP contribution in [0.4, 0.5) is 0 Å². The van der Waals surface area contributed by atoms with E-state index in [2.05, 4.69) is 5.10 Å². The van der Waals surface area contributed by atoms with Gasteiger partial charge in [-0.05, 0) is 13.0 Å². The third kappa shape index (κ3) is 0.684. The normalized spacial score (nSPS) is 8.50. The zero-order valence-corrected chi connectivity index (χ0v) is 4.50. The molecule has 8 heavy (non-hydrogen) atoms. The molecule has 0 fully saturated rings. The summed E-state index contributed by atoms with van der Waals surface area (Å²) in [4.78, 5) is 0. The fourth-order valence-electron chi connectivity index (χ4n) is 0.471. The third-order valence-corrected chi connectivity index (χ3v) is 0.825. The van der Waals surface area contributed by atoms with Crippen molar-refractivity contribution in [2.75, 3.05) is 0 Å². The summed E-state index contributed by atoms with van der Waals surface area (Å²) in [5.41, 5.74) is 0.867. The Bertz CT molecular complexity index is 218. The monoisotopic (exact) mass is 107 g/mol. The summed E-state index contributed by atoms with van der Waals surface area (Å²) in [7, 11) is 0. The summed E-state index contributed by atoms with van der Waals surface area (Å²) >= 11 is 0. The Labute approximate surface area is 47.2 Å². The van der Waals surface area contributed by atoms with Crippen LogP contribution in [0.5, 0.6) is 0 Å². The molecule has 3 heteroatoms. The summed E-state index contributed by atoms with van der Waals surface area (Å²) < 4.78 is 1.22. The predicted octanol–water partition coefficient (Wildman–Crippen LogP) is 0.521. The third-order valence-electron chi connectivity index (χ3n) is 0.825. The van der Waals surface area contributed by atoms with Gasteiger partial charge in [-0.25, -0.2) is 0 Å². The highest BCUT2D eigenvalue weighted by molar-refractivity contribution is 4.98. The number of rotatable bonds is 0. The van der Waals surface area contributed by atoms with Gasteiger partial charge < -0.3 is 0 Å². The molecule has 0 atom stereocenters. The van der Waals surface area contributed by atoms with Gasteiger partial charge in [0.05, 0.1) is 5.69 Å². The standard InChI is InChI=1S/C5H5N3/c1-5-2-3-8(4-6)7-5/h2-3H,1H3. The van der Waals surface area contributed by atoms with Crippen LogP contribution in [0.1, 0.15) is 5.69 Å². The van der Waals surface area contributed by atoms with Crippen LogP contribution in [0.2, 0.25) is 0 Å². The molecule has 0 aliphatic carbocycles. The van der Waals surface area contributed by atoms with Crippen molar-refractivity contribution in [2.24, 2.45) is 0 Å². The highest BCUT2D eigenvalue weighted by Gasteiger charge is 1.86. The van der Waals surface area contributed by atoms with Crippen LogP contribution in [0, 0.1) is 18.4 Å². The van der Waals surface area contributed by atoms with Gasteiger partial charge in [-0.2, -0.15) is 15.0 Å². The van der Waals surface area contributed by atoms with Gasteiger partial charge in [-0.3, -0.25) is 0 Å². The van der Waals surface area contributed by atoms with Crippen molar-refractivity contribution in [3.8, 4) is 6.19 Å². The van der Waals surface area contributed by atoms with Crippen molar-refractivity contribution in [1.29, 1.82) is 5.26 Å². The second-order valence-electron chi connectivity index (χ2n) is 1.50. The molecule has 1 aromatic heterocycles. The van der Waals surface area contributed by atoms with E-state index in [1.54, 1.807) is 12.3 Å². The lowest BCUT2D eigenvalue weighted by Gasteiger charge is -1.75. The van der Waals surface area contributed by atoms with Gasteiger partial charge in [0.2, 0.25) is 6.19 Å². The molecular formula is C5H5N3. The maximum atomic E-state index is 8.20. The van der Waals surface area contributed by atoms with Gasteiger partial charge in [-0.15, -0.1) is 0 Å². The molecule has 0 aromatic carbocycles. The topological polar surface area (TPSA) is 41.6 Å². The second-order valence-corrected chi connectivity index (χ2v) is 1.50. The van der Waals surface area contributed by atoms with Crippen molar-refractivity contribution in [3.63, 3.8) is 0 Å². The Morgan fingerprint density at radius 2 is 2.62 bits per heavy atom. The van der Waals surface area contributed by atoms with Gasteiger partial charge in [0.25, 0.3) is 0 Å². The number of nitrogens with zero attached hydrogens (tertiary/aromatic N) is 3. The maximum absolute atomic E-state index is 8.20. The van der Waals surface area contributed by atoms with E-state index < -0.39 is 0 Å². The van der Waals surface area contributed by atoms with Crippen LogP contribution in [0.3, 0.4) is 0 Å². The quantitative estimate of drug-likeness (QED) is 0.485. The molecule has 0 aliphatic heterocycles. The first-order chi connectivity index (χ1) is 3.83. The molecule has 3 nitrogen and oxygen atoms in total. The van der Waals surface area contributed by atoms with E-state index >= 15 is 0 Å². The van der Waals surface area contributed by atoms with Gasteiger partial charge >= 0.3 is 0 Å². The highest BCUT2D eigenvalue weighted by atomic mass is 15.3. The van der Waals surface area contributed by atoms with Crippen molar-refractivity contribution >= 4 is 0 Å². The van der Waals surface area contributed by atoms with Gasteiger partial charge in [0.1, 0.15) is 0 Å². The van der Waals surface area contributed by atoms with Crippen molar-refractivity contribution in [3.05, 3.63) is 18.0 Å². The van der Waals surface area contributed by atoms with E-state index in [9.17, 15) is 0 Å². The minimum atomic E-state index is 0.867. The molecule has 0 bridgehead atoms. The van der Waals surface area contributed by atoms with E-state index in [1.165, 1.54) is 4.68 Å². The highest BCUT2D eigenvalue weighted by Crippen LogP contribution is 1.88. The summed E-state index contributed by atoms with van der Waals surface area (Å²) in [6.07, 6.45) is 3.47. The lowest BCUT2D eigenvalue weighted by atomic mass is 10.5. The lowest BCUT2D eigenvalue weighted by Crippen LogP contribution is -1.86. The minimum absolute atomic E-state index is 0.867. The Morgan fingerprint density at radius 3 is 2.88 bits per heavy atom.